The van der Waals surface area contributed by atoms with E-state index in [4.69, 9.17) is 0 Å². The van der Waals surface area contributed by atoms with Crippen LogP contribution in [-0.2, 0) is 11.3 Å². The maximum absolute atomic E-state index is 11.1. The molecule has 1 unspecified atom stereocenters. The zero-order chi connectivity index (χ0) is 14.5. The summed E-state index contributed by atoms with van der Waals surface area (Å²) in [6, 6.07) is 10.3. The summed E-state index contributed by atoms with van der Waals surface area (Å²) >= 11 is 5.19. The van der Waals surface area contributed by atoms with E-state index in [0.717, 1.165) is 22.3 Å². The van der Waals surface area contributed by atoms with Crippen molar-refractivity contribution in [3.63, 3.8) is 0 Å². The van der Waals surface area contributed by atoms with Gasteiger partial charge in [0.2, 0.25) is 5.91 Å². The Labute approximate surface area is 131 Å². The fourth-order valence-corrected chi connectivity index (χ4v) is 3.31. The topological polar surface area (TPSA) is 41.1 Å². The lowest BCUT2D eigenvalue weighted by Crippen LogP contribution is -2.17. The fraction of sp³-hybridized carbons (Fsp3) is 0.267. The number of rotatable bonds is 5. The van der Waals surface area contributed by atoms with Gasteiger partial charge in [-0.3, -0.25) is 4.79 Å². The molecule has 0 saturated heterocycles. The molecule has 106 valence electrons. The van der Waals surface area contributed by atoms with Gasteiger partial charge >= 0.3 is 0 Å². The molecule has 0 fully saturated rings. The van der Waals surface area contributed by atoms with Crippen molar-refractivity contribution in [2.45, 2.75) is 26.4 Å². The number of anilines is 1. The highest BCUT2D eigenvalue weighted by Gasteiger charge is 2.07. The average molecular weight is 353 g/mol. The third kappa shape index (κ3) is 4.44. The van der Waals surface area contributed by atoms with E-state index in [2.05, 4.69) is 51.0 Å². The van der Waals surface area contributed by atoms with Crippen LogP contribution in [0.1, 0.15) is 30.3 Å². The molecule has 2 rings (SSSR count). The maximum Gasteiger partial charge on any atom is 0.221 e. The van der Waals surface area contributed by atoms with Crippen LogP contribution in [-0.4, -0.2) is 5.91 Å². The quantitative estimate of drug-likeness (QED) is 0.841. The molecule has 3 nitrogen and oxygen atoms in total. The SMILES string of the molecule is CC(=O)Nc1cccc(C(C)NCc2cc(Br)cs2)c1. The third-order valence-corrected chi connectivity index (χ3v) is 4.61. The average Bonchev–Trinajstić information content (AvgIpc) is 2.81. The number of amides is 1. The van der Waals surface area contributed by atoms with Crippen molar-refractivity contribution in [1.29, 1.82) is 0 Å². The number of thiophene rings is 1. The molecule has 1 atom stereocenters. The number of hydrogen-bond donors (Lipinski definition) is 2. The minimum Gasteiger partial charge on any atom is -0.326 e. The Morgan fingerprint density at radius 3 is 2.85 bits per heavy atom. The van der Waals surface area contributed by atoms with E-state index in [1.807, 2.05) is 18.2 Å². The second-order valence-electron chi connectivity index (χ2n) is 4.64. The van der Waals surface area contributed by atoms with Crippen molar-refractivity contribution in [3.05, 3.63) is 50.6 Å². The van der Waals surface area contributed by atoms with Crippen molar-refractivity contribution in [2.75, 3.05) is 5.32 Å². The molecule has 1 aromatic carbocycles. The number of nitrogens with one attached hydrogen (secondary N) is 2. The van der Waals surface area contributed by atoms with E-state index in [-0.39, 0.29) is 11.9 Å². The second kappa shape index (κ2) is 7.02. The minimum absolute atomic E-state index is 0.0498. The predicted molar refractivity (Wildman–Crippen MR) is 88.0 cm³/mol. The van der Waals surface area contributed by atoms with Crippen LogP contribution in [0.3, 0.4) is 0 Å². The van der Waals surface area contributed by atoms with Gasteiger partial charge in [0.15, 0.2) is 0 Å². The van der Waals surface area contributed by atoms with E-state index in [9.17, 15) is 4.79 Å². The Balaban J connectivity index is 1.97. The van der Waals surface area contributed by atoms with Gasteiger partial charge in [0.05, 0.1) is 0 Å². The minimum atomic E-state index is -0.0498. The summed E-state index contributed by atoms with van der Waals surface area (Å²) in [5, 5.41) is 8.37. The summed E-state index contributed by atoms with van der Waals surface area (Å²) in [5.41, 5.74) is 1.99. The molecule has 1 amide bonds. The van der Waals surface area contributed by atoms with Crippen molar-refractivity contribution >= 4 is 38.9 Å². The molecule has 0 saturated carbocycles. The van der Waals surface area contributed by atoms with Gasteiger partial charge in [-0.25, -0.2) is 0 Å². The van der Waals surface area contributed by atoms with Crippen LogP contribution < -0.4 is 10.6 Å². The lowest BCUT2D eigenvalue weighted by atomic mass is 10.1. The number of carbonyl (C=O) groups is 1. The molecule has 2 aromatic rings. The first kappa shape index (κ1) is 15.2. The second-order valence-corrected chi connectivity index (χ2v) is 6.55. The molecule has 0 aliphatic rings. The highest BCUT2D eigenvalue weighted by molar-refractivity contribution is 9.10. The summed E-state index contributed by atoms with van der Waals surface area (Å²) in [6.45, 7) is 4.47. The molecule has 1 aromatic heterocycles. The molecule has 0 spiro atoms. The third-order valence-electron chi connectivity index (χ3n) is 2.91. The van der Waals surface area contributed by atoms with Gasteiger partial charge in [-0.05, 0) is 46.6 Å². The van der Waals surface area contributed by atoms with Gasteiger partial charge in [0.25, 0.3) is 0 Å². The fourth-order valence-electron chi connectivity index (χ4n) is 1.91. The lowest BCUT2D eigenvalue weighted by Gasteiger charge is -2.15. The van der Waals surface area contributed by atoms with Crippen LogP contribution in [0, 0.1) is 0 Å². The first-order valence-electron chi connectivity index (χ1n) is 6.38. The van der Waals surface area contributed by atoms with Crippen LogP contribution in [0.5, 0.6) is 0 Å². The number of carbonyl (C=O) groups excluding carboxylic acids is 1. The standard InChI is InChI=1S/C15H17BrN2OS/c1-10(17-8-15-7-13(16)9-20-15)12-4-3-5-14(6-12)18-11(2)19/h3-7,9-10,17H,8H2,1-2H3,(H,18,19). The zero-order valence-electron chi connectivity index (χ0n) is 11.4. The molecule has 0 aliphatic carbocycles. The van der Waals surface area contributed by atoms with Crippen molar-refractivity contribution in [1.82, 2.24) is 5.32 Å². The van der Waals surface area contributed by atoms with E-state index >= 15 is 0 Å². The van der Waals surface area contributed by atoms with Crippen LogP contribution in [0.25, 0.3) is 0 Å². The molecule has 5 heteroatoms. The van der Waals surface area contributed by atoms with Gasteiger partial charge in [0.1, 0.15) is 0 Å². The molecule has 0 radical (unpaired) electrons. The summed E-state index contributed by atoms with van der Waals surface area (Å²) < 4.78 is 1.12. The Hall–Kier alpha value is -1.17. The van der Waals surface area contributed by atoms with Crippen molar-refractivity contribution in [3.8, 4) is 0 Å². The lowest BCUT2D eigenvalue weighted by molar-refractivity contribution is -0.114. The summed E-state index contributed by atoms with van der Waals surface area (Å²) in [7, 11) is 0. The number of hydrogen-bond acceptors (Lipinski definition) is 3. The van der Waals surface area contributed by atoms with Gasteiger partial charge < -0.3 is 10.6 Å². The molecule has 1 heterocycles. The first-order chi connectivity index (χ1) is 9.54. The van der Waals surface area contributed by atoms with E-state index in [1.54, 1.807) is 11.3 Å². The molecule has 0 bridgehead atoms. The van der Waals surface area contributed by atoms with Crippen LogP contribution >= 0.6 is 27.3 Å². The molecule has 20 heavy (non-hydrogen) atoms. The highest BCUT2D eigenvalue weighted by atomic mass is 79.9. The monoisotopic (exact) mass is 352 g/mol. The van der Waals surface area contributed by atoms with Crippen molar-refractivity contribution in [2.24, 2.45) is 0 Å². The summed E-state index contributed by atoms with van der Waals surface area (Å²) in [4.78, 5) is 12.4. The summed E-state index contributed by atoms with van der Waals surface area (Å²) in [6.07, 6.45) is 0. The predicted octanol–water partition coefficient (Wildman–Crippen LogP) is 4.32. The van der Waals surface area contributed by atoms with Crippen LogP contribution in [0.15, 0.2) is 40.2 Å². The molecular formula is C15H17BrN2OS. The smallest absolute Gasteiger partial charge is 0.221 e. The molecule has 2 N–H and O–H groups in total. The molecule has 0 aliphatic heterocycles. The Morgan fingerprint density at radius 1 is 1.40 bits per heavy atom. The van der Waals surface area contributed by atoms with Gasteiger partial charge in [0, 0.05) is 39.9 Å². The normalized spacial score (nSPS) is 12.2. The van der Waals surface area contributed by atoms with Gasteiger partial charge in [-0.15, -0.1) is 11.3 Å². The van der Waals surface area contributed by atoms with Crippen LogP contribution in [0.2, 0.25) is 0 Å². The van der Waals surface area contributed by atoms with Gasteiger partial charge in [-0.2, -0.15) is 0 Å². The van der Waals surface area contributed by atoms with Gasteiger partial charge in [-0.1, -0.05) is 12.1 Å². The number of benzene rings is 1. The first-order valence-corrected chi connectivity index (χ1v) is 8.05. The number of halogens is 1. The summed E-state index contributed by atoms with van der Waals surface area (Å²) in [5.74, 6) is -0.0498. The van der Waals surface area contributed by atoms with E-state index in [0.29, 0.717) is 0 Å². The maximum atomic E-state index is 11.1. The zero-order valence-corrected chi connectivity index (χ0v) is 13.8. The molecular weight excluding hydrogens is 336 g/mol. The van der Waals surface area contributed by atoms with E-state index in [1.165, 1.54) is 11.8 Å². The Kier molecular flexibility index (Phi) is 5.34. The van der Waals surface area contributed by atoms with Crippen molar-refractivity contribution < 1.29 is 4.79 Å². The Morgan fingerprint density at radius 2 is 2.20 bits per heavy atom. The highest BCUT2D eigenvalue weighted by Crippen LogP contribution is 2.22. The van der Waals surface area contributed by atoms with E-state index < -0.39 is 0 Å². The Bertz CT molecular complexity index is 597. The largest absolute Gasteiger partial charge is 0.326 e. The van der Waals surface area contributed by atoms with Crippen LogP contribution in [0.4, 0.5) is 5.69 Å².